The summed E-state index contributed by atoms with van der Waals surface area (Å²) in [7, 11) is 1.57. The van der Waals surface area contributed by atoms with E-state index in [1.165, 1.54) is 13.8 Å². The minimum atomic E-state index is -1.44. The number of nitrogens with one attached hydrogen (secondary N) is 2. The Balaban J connectivity index is 1.96. The number of methoxy groups -OCH3 is 1. The van der Waals surface area contributed by atoms with Crippen molar-refractivity contribution in [3.63, 3.8) is 0 Å². The smallest absolute Gasteiger partial charge is 0.239 e. The van der Waals surface area contributed by atoms with Gasteiger partial charge in [0, 0.05) is 12.6 Å². The highest BCUT2D eigenvalue weighted by atomic mass is 19.1. The van der Waals surface area contributed by atoms with E-state index in [1.807, 2.05) is 24.3 Å². The third-order valence-corrected chi connectivity index (χ3v) is 4.19. The van der Waals surface area contributed by atoms with E-state index < -0.39 is 28.9 Å². The number of carbonyl (C=O) groups is 2. The lowest BCUT2D eigenvalue weighted by molar-refractivity contribution is -0.138. The van der Waals surface area contributed by atoms with Crippen LogP contribution in [0.5, 0.6) is 5.75 Å². The maximum Gasteiger partial charge on any atom is 0.239 e. The number of rotatable bonds is 7. The number of hydrogen-bond acceptors (Lipinski definition) is 3. The van der Waals surface area contributed by atoms with Crippen LogP contribution in [0.25, 0.3) is 0 Å². The van der Waals surface area contributed by atoms with Gasteiger partial charge in [0.25, 0.3) is 0 Å². The third kappa shape index (κ3) is 5.03. The molecular formula is C20H22F2N2O3. The van der Waals surface area contributed by atoms with Crippen LogP contribution >= 0.6 is 0 Å². The quantitative estimate of drug-likeness (QED) is 0.729. The maximum atomic E-state index is 13.7. The molecule has 0 saturated carbocycles. The first-order chi connectivity index (χ1) is 12.8. The SMILES string of the molecule is COc1ccccc1CCNC(=O)C(C)(C)C(=O)Nc1ccc(F)cc1F. The van der Waals surface area contributed by atoms with Crippen LogP contribution in [0.4, 0.5) is 14.5 Å². The Morgan fingerprint density at radius 2 is 1.78 bits per heavy atom. The molecule has 0 radical (unpaired) electrons. The van der Waals surface area contributed by atoms with Crippen molar-refractivity contribution in [2.75, 3.05) is 19.0 Å². The Bertz CT molecular complexity index is 838. The van der Waals surface area contributed by atoms with Crippen LogP contribution in [0, 0.1) is 17.0 Å². The molecular weight excluding hydrogens is 354 g/mol. The van der Waals surface area contributed by atoms with E-state index in [9.17, 15) is 18.4 Å². The Morgan fingerprint density at radius 1 is 1.07 bits per heavy atom. The second-order valence-corrected chi connectivity index (χ2v) is 6.52. The largest absolute Gasteiger partial charge is 0.496 e. The number of ether oxygens (including phenoxy) is 1. The van der Waals surface area contributed by atoms with Gasteiger partial charge in [-0.05, 0) is 44.0 Å². The first-order valence-corrected chi connectivity index (χ1v) is 8.42. The van der Waals surface area contributed by atoms with Crippen molar-refractivity contribution in [2.24, 2.45) is 5.41 Å². The molecule has 0 aliphatic carbocycles. The Labute approximate surface area is 156 Å². The molecule has 0 saturated heterocycles. The lowest BCUT2D eigenvalue weighted by atomic mass is 9.90. The number of halogens is 2. The van der Waals surface area contributed by atoms with Gasteiger partial charge in [0.1, 0.15) is 22.8 Å². The lowest BCUT2D eigenvalue weighted by Crippen LogP contribution is -2.45. The van der Waals surface area contributed by atoms with Crippen LogP contribution in [-0.4, -0.2) is 25.5 Å². The van der Waals surface area contributed by atoms with Crippen molar-refractivity contribution >= 4 is 17.5 Å². The number of benzene rings is 2. The lowest BCUT2D eigenvalue weighted by Gasteiger charge is -2.23. The van der Waals surface area contributed by atoms with Crippen LogP contribution in [0.2, 0.25) is 0 Å². The summed E-state index contributed by atoms with van der Waals surface area (Å²) in [4.78, 5) is 24.8. The number of carbonyl (C=O) groups excluding carboxylic acids is 2. The Kier molecular flexibility index (Phi) is 6.50. The minimum Gasteiger partial charge on any atom is -0.496 e. The molecule has 144 valence electrons. The molecule has 0 aromatic heterocycles. The van der Waals surface area contributed by atoms with Crippen molar-refractivity contribution < 1.29 is 23.1 Å². The third-order valence-electron chi connectivity index (χ3n) is 4.19. The van der Waals surface area contributed by atoms with Crippen molar-refractivity contribution in [1.29, 1.82) is 0 Å². The highest BCUT2D eigenvalue weighted by Gasteiger charge is 2.36. The molecule has 2 aromatic rings. The standard InChI is InChI=1S/C20H22F2N2O3/c1-20(2,19(26)24-16-9-8-14(21)12-15(16)22)18(25)23-11-10-13-6-4-5-7-17(13)27-3/h4-9,12H,10-11H2,1-3H3,(H,23,25)(H,24,26). The molecule has 0 spiro atoms. The van der Waals surface area contributed by atoms with Crippen LogP contribution in [0.15, 0.2) is 42.5 Å². The second-order valence-electron chi connectivity index (χ2n) is 6.52. The first-order valence-electron chi connectivity index (χ1n) is 8.42. The van der Waals surface area contributed by atoms with E-state index >= 15 is 0 Å². The van der Waals surface area contributed by atoms with Gasteiger partial charge in [-0.1, -0.05) is 18.2 Å². The molecule has 2 rings (SSSR count). The summed E-state index contributed by atoms with van der Waals surface area (Å²) in [6.07, 6.45) is 0.528. The number of amides is 2. The van der Waals surface area contributed by atoms with E-state index in [-0.39, 0.29) is 5.69 Å². The van der Waals surface area contributed by atoms with Crippen LogP contribution in [0.1, 0.15) is 19.4 Å². The van der Waals surface area contributed by atoms with Gasteiger partial charge in [0.2, 0.25) is 11.8 Å². The number of para-hydroxylation sites is 1. The normalized spacial score (nSPS) is 11.0. The highest BCUT2D eigenvalue weighted by Crippen LogP contribution is 2.22. The average Bonchev–Trinajstić information content (AvgIpc) is 2.64. The predicted octanol–water partition coefficient (Wildman–Crippen LogP) is 3.30. The zero-order chi connectivity index (χ0) is 20.0. The fraction of sp³-hybridized carbons (Fsp3) is 0.300. The monoisotopic (exact) mass is 376 g/mol. The van der Waals surface area contributed by atoms with E-state index in [4.69, 9.17) is 4.74 Å². The summed E-state index contributed by atoms with van der Waals surface area (Å²) in [6.45, 7) is 3.17. The summed E-state index contributed by atoms with van der Waals surface area (Å²) in [5.41, 5.74) is -0.700. The zero-order valence-corrected chi connectivity index (χ0v) is 15.4. The summed E-state index contributed by atoms with van der Waals surface area (Å²) >= 11 is 0. The topological polar surface area (TPSA) is 67.4 Å². The Hall–Kier alpha value is -2.96. The summed E-state index contributed by atoms with van der Waals surface area (Å²) < 4.78 is 31.9. The van der Waals surface area contributed by atoms with Crippen molar-refractivity contribution in [2.45, 2.75) is 20.3 Å². The molecule has 2 aromatic carbocycles. The number of hydrogen-bond donors (Lipinski definition) is 2. The molecule has 27 heavy (non-hydrogen) atoms. The molecule has 0 aliphatic heterocycles. The van der Waals surface area contributed by atoms with Gasteiger partial charge >= 0.3 is 0 Å². The van der Waals surface area contributed by atoms with Crippen LogP contribution in [0.3, 0.4) is 0 Å². The molecule has 0 unspecified atom stereocenters. The van der Waals surface area contributed by atoms with Crippen molar-refractivity contribution in [1.82, 2.24) is 5.32 Å². The van der Waals surface area contributed by atoms with Crippen LogP contribution < -0.4 is 15.4 Å². The molecule has 5 nitrogen and oxygen atoms in total. The van der Waals surface area contributed by atoms with Crippen molar-refractivity contribution in [3.8, 4) is 5.75 Å². The van der Waals surface area contributed by atoms with Gasteiger partial charge < -0.3 is 15.4 Å². The number of anilines is 1. The van der Waals surface area contributed by atoms with Gasteiger partial charge in [0.15, 0.2) is 0 Å². The summed E-state index contributed by atoms with van der Waals surface area (Å²) in [6, 6.07) is 10.2. The first kappa shape index (κ1) is 20.4. The van der Waals surface area contributed by atoms with Gasteiger partial charge in [-0.2, -0.15) is 0 Å². The molecule has 2 amide bonds. The van der Waals surface area contributed by atoms with Gasteiger partial charge in [-0.15, -0.1) is 0 Å². The predicted molar refractivity (Wildman–Crippen MR) is 98.5 cm³/mol. The molecule has 7 heteroatoms. The molecule has 0 fully saturated rings. The van der Waals surface area contributed by atoms with E-state index in [2.05, 4.69) is 10.6 Å². The van der Waals surface area contributed by atoms with E-state index in [0.717, 1.165) is 23.4 Å². The summed E-state index contributed by atoms with van der Waals surface area (Å²) in [5.74, 6) is -2.13. The maximum absolute atomic E-state index is 13.7. The van der Waals surface area contributed by atoms with Gasteiger partial charge in [-0.3, -0.25) is 9.59 Å². The second kappa shape index (κ2) is 8.62. The molecule has 0 heterocycles. The zero-order valence-electron chi connectivity index (χ0n) is 15.4. The molecule has 0 aliphatic rings. The molecule has 0 atom stereocenters. The van der Waals surface area contributed by atoms with Gasteiger partial charge in [-0.25, -0.2) is 8.78 Å². The van der Waals surface area contributed by atoms with E-state index in [1.54, 1.807) is 7.11 Å². The molecule has 0 bridgehead atoms. The van der Waals surface area contributed by atoms with Crippen molar-refractivity contribution in [3.05, 3.63) is 59.7 Å². The highest BCUT2D eigenvalue weighted by molar-refractivity contribution is 6.09. The van der Waals surface area contributed by atoms with E-state index in [0.29, 0.717) is 19.0 Å². The van der Waals surface area contributed by atoms with Gasteiger partial charge in [0.05, 0.1) is 12.8 Å². The fourth-order valence-electron chi connectivity index (χ4n) is 2.41. The van der Waals surface area contributed by atoms with Crippen LogP contribution in [-0.2, 0) is 16.0 Å². The summed E-state index contributed by atoms with van der Waals surface area (Å²) in [5, 5.41) is 5.03. The average molecular weight is 376 g/mol. The fourth-order valence-corrected chi connectivity index (χ4v) is 2.41. The molecule has 2 N–H and O–H groups in total. The Morgan fingerprint density at radius 3 is 2.44 bits per heavy atom. The minimum absolute atomic E-state index is 0.184.